The maximum atomic E-state index is 13.3. The zero-order valence-electron chi connectivity index (χ0n) is 9.18. The first kappa shape index (κ1) is 13.8. The van der Waals surface area contributed by atoms with Crippen molar-refractivity contribution < 1.29 is 4.39 Å². The van der Waals surface area contributed by atoms with Crippen LogP contribution in [0.2, 0.25) is 5.02 Å². The quantitative estimate of drug-likeness (QED) is 0.714. The standard InChI is InChI=1S/C13H9Br2ClFN/c14-9-2-4-13(10(15)6-9)18-7-8-1-3-11(16)12(17)5-8/h1-6,18H,7H2. The van der Waals surface area contributed by atoms with E-state index in [1.165, 1.54) is 6.07 Å². The van der Waals surface area contributed by atoms with Crippen molar-refractivity contribution in [2.24, 2.45) is 0 Å². The molecule has 0 fully saturated rings. The highest BCUT2D eigenvalue weighted by atomic mass is 79.9. The highest BCUT2D eigenvalue weighted by Gasteiger charge is 2.03. The second-order valence-electron chi connectivity index (χ2n) is 3.73. The molecule has 5 heteroatoms. The number of hydrogen-bond donors (Lipinski definition) is 1. The Kier molecular flexibility index (Phi) is 4.65. The summed E-state index contributed by atoms with van der Waals surface area (Å²) >= 11 is 12.5. The van der Waals surface area contributed by atoms with E-state index in [1.54, 1.807) is 12.1 Å². The maximum Gasteiger partial charge on any atom is 0.142 e. The van der Waals surface area contributed by atoms with E-state index in [2.05, 4.69) is 37.2 Å². The van der Waals surface area contributed by atoms with Crippen molar-refractivity contribution in [3.63, 3.8) is 0 Å². The smallest absolute Gasteiger partial charge is 0.142 e. The highest BCUT2D eigenvalue weighted by Crippen LogP contribution is 2.26. The minimum atomic E-state index is -0.397. The molecular weight excluding hydrogens is 384 g/mol. The van der Waals surface area contributed by atoms with Crippen molar-refractivity contribution in [1.82, 2.24) is 0 Å². The van der Waals surface area contributed by atoms with Crippen LogP contribution in [0.3, 0.4) is 0 Å². The van der Waals surface area contributed by atoms with Gasteiger partial charge in [-0.25, -0.2) is 4.39 Å². The van der Waals surface area contributed by atoms with Gasteiger partial charge in [0.15, 0.2) is 0 Å². The number of hydrogen-bond acceptors (Lipinski definition) is 1. The van der Waals surface area contributed by atoms with Crippen LogP contribution in [0, 0.1) is 5.82 Å². The second kappa shape index (κ2) is 6.04. The van der Waals surface area contributed by atoms with Gasteiger partial charge in [0.1, 0.15) is 5.82 Å². The van der Waals surface area contributed by atoms with E-state index in [0.717, 1.165) is 20.2 Å². The van der Waals surface area contributed by atoms with Gasteiger partial charge in [-0.15, -0.1) is 0 Å². The Morgan fingerprint density at radius 3 is 2.56 bits per heavy atom. The Balaban J connectivity index is 2.09. The van der Waals surface area contributed by atoms with Crippen LogP contribution in [0.1, 0.15) is 5.56 Å². The Morgan fingerprint density at radius 1 is 1.11 bits per heavy atom. The minimum absolute atomic E-state index is 0.142. The summed E-state index contributed by atoms with van der Waals surface area (Å²) in [4.78, 5) is 0. The normalized spacial score (nSPS) is 10.4. The molecule has 1 N–H and O–H groups in total. The number of nitrogens with one attached hydrogen (secondary N) is 1. The molecule has 0 atom stereocenters. The fourth-order valence-electron chi connectivity index (χ4n) is 1.48. The van der Waals surface area contributed by atoms with Crippen LogP contribution in [-0.4, -0.2) is 0 Å². The monoisotopic (exact) mass is 391 g/mol. The third kappa shape index (κ3) is 3.46. The average Bonchev–Trinajstić information content (AvgIpc) is 2.32. The maximum absolute atomic E-state index is 13.3. The minimum Gasteiger partial charge on any atom is -0.380 e. The van der Waals surface area contributed by atoms with Crippen molar-refractivity contribution in [2.45, 2.75) is 6.54 Å². The van der Waals surface area contributed by atoms with Gasteiger partial charge in [-0.3, -0.25) is 0 Å². The Hall–Kier alpha value is -0.580. The molecule has 0 aliphatic rings. The predicted molar refractivity (Wildman–Crippen MR) is 80.6 cm³/mol. The van der Waals surface area contributed by atoms with Crippen LogP contribution >= 0.6 is 43.5 Å². The summed E-state index contributed by atoms with van der Waals surface area (Å²) in [5.41, 5.74) is 1.79. The van der Waals surface area contributed by atoms with Gasteiger partial charge in [-0.05, 0) is 51.8 Å². The lowest BCUT2D eigenvalue weighted by Crippen LogP contribution is -2.00. The molecule has 0 heterocycles. The molecule has 2 rings (SSSR count). The topological polar surface area (TPSA) is 12.0 Å². The van der Waals surface area contributed by atoms with Crippen molar-refractivity contribution >= 4 is 49.1 Å². The second-order valence-corrected chi connectivity index (χ2v) is 5.90. The molecule has 0 amide bonds. The zero-order chi connectivity index (χ0) is 13.1. The van der Waals surface area contributed by atoms with Crippen molar-refractivity contribution in [1.29, 1.82) is 0 Å². The molecule has 94 valence electrons. The van der Waals surface area contributed by atoms with Gasteiger partial charge < -0.3 is 5.32 Å². The molecule has 0 aliphatic carbocycles. The summed E-state index contributed by atoms with van der Waals surface area (Å²) in [5.74, 6) is -0.397. The van der Waals surface area contributed by atoms with E-state index in [0.29, 0.717) is 6.54 Å². The van der Waals surface area contributed by atoms with Crippen LogP contribution in [0.5, 0.6) is 0 Å². The lowest BCUT2D eigenvalue weighted by Gasteiger charge is -2.09. The van der Waals surface area contributed by atoms with Gasteiger partial charge in [-0.2, -0.15) is 0 Å². The molecule has 0 unspecified atom stereocenters. The highest BCUT2D eigenvalue weighted by molar-refractivity contribution is 9.11. The molecule has 0 radical (unpaired) electrons. The number of rotatable bonds is 3. The Labute approximate surface area is 127 Å². The van der Waals surface area contributed by atoms with Gasteiger partial charge >= 0.3 is 0 Å². The molecule has 0 aromatic heterocycles. The first-order valence-corrected chi connectivity index (χ1v) is 7.15. The molecular formula is C13H9Br2ClFN. The van der Waals surface area contributed by atoms with Crippen LogP contribution in [-0.2, 0) is 6.54 Å². The molecule has 18 heavy (non-hydrogen) atoms. The number of anilines is 1. The SMILES string of the molecule is Fc1cc(CNc2ccc(Br)cc2Br)ccc1Cl. The fourth-order valence-corrected chi connectivity index (χ4v) is 2.78. The van der Waals surface area contributed by atoms with Gasteiger partial charge in [-0.1, -0.05) is 33.6 Å². The Bertz CT molecular complexity index is 575. The predicted octanol–water partition coefficient (Wildman–Crippen LogP) is 5.62. The van der Waals surface area contributed by atoms with Gasteiger partial charge in [0.2, 0.25) is 0 Å². The van der Waals surface area contributed by atoms with Gasteiger partial charge in [0, 0.05) is 21.2 Å². The van der Waals surface area contributed by atoms with Gasteiger partial charge in [0.25, 0.3) is 0 Å². The summed E-state index contributed by atoms with van der Waals surface area (Å²) in [6, 6.07) is 10.6. The molecule has 0 saturated carbocycles. The third-order valence-electron chi connectivity index (χ3n) is 2.40. The molecule has 0 bridgehead atoms. The first-order valence-electron chi connectivity index (χ1n) is 5.19. The average molecular weight is 393 g/mol. The van der Waals surface area contributed by atoms with E-state index in [1.807, 2.05) is 18.2 Å². The fraction of sp³-hybridized carbons (Fsp3) is 0.0769. The van der Waals surface area contributed by atoms with Crippen LogP contribution < -0.4 is 5.32 Å². The zero-order valence-corrected chi connectivity index (χ0v) is 13.1. The summed E-state index contributed by atoms with van der Waals surface area (Å²) in [6.45, 7) is 0.536. The van der Waals surface area contributed by atoms with E-state index < -0.39 is 5.82 Å². The third-order valence-corrected chi connectivity index (χ3v) is 3.85. The van der Waals surface area contributed by atoms with Crippen LogP contribution in [0.15, 0.2) is 45.3 Å². The summed E-state index contributed by atoms with van der Waals surface area (Å²) in [7, 11) is 0. The molecule has 1 nitrogen and oxygen atoms in total. The molecule has 0 saturated heterocycles. The van der Waals surface area contributed by atoms with Crippen LogP contribution in [0.4, 0.5) is 10.1 Å². The largest absolute Gasteiger partial charge is 0.380 e. The molecule has 2 aromatic carbocycles. The van der Waals surface area contributed by atoms with E-state index in [9.17, 15) is 4.39 Å². The van der Waals surface area contributed by atoms with E-state index >= 15 is 0 Å². The van der Waals surface area contributed by atoms with Crippen molar-refractivity contribution in [2.75, 3.05) is 5.32 Å². The molecule has 2 aromatic rings. The van der Waals surface area contributed by atoms with Crippen molar-refractivity contribution in [3.8, 4) is 0 Å². The van der Waals surface area contributed by atoms with Gasteiger partial charge in [0.05, 0.1) is 5.02 Å². The van der Waals surface area contributed by atoms with Crippen molar-refractivity contribution in [3.05, 3.63) is 61.7 Å². The summed E-state index contributed by atoms with van der Waals surface area (Å²) < 4.78 is 15.2. The summed E-state index contributed by atoms with van der Waals surface area (Å²) in [5, 5.41) is 3.37. The lowest BCUT2D eigenvalue weighted by molar-refractivity contribution is 0.626. The van der Waals surface area contributed by atoms with Crippen LogP contribution in [0.25, 0.3) is 0 Å². The number of benzene rings is 2. The molecule has 0 spiro atoms. The summed E-state index contributed by atoms with van der Waals surface area (Å²) in [6.07, 6.45) is 0. The number of halogens is 4. The van der Waals surface area contributed by atoms with E-state index in [4.69, 9.17) is 11.6 Å². The Morgan fingerprint density at radius 2 is 1.89 bits per heavy atom. The molecule has 0 aliphatic heterocycles. The van der Waals surface area contributed by atoms with E-state index in [-0.39, 0.29) is 5.02 Å². The first-order chi connectivity index (χ1) is 8.56. The lowest BCUT2D eigenvalue weighted by atomic mass is 10.2.